The van der Waals surface area contributed by atoms with Gasteiger partial charge in [-0.2, -0.15) is 5.10 Å². The Morgan fingerprint density at radius 2 is 1.95 bits per heavy atom. The summed E-state index contributed by atoms with van der Waals surface area (Å²) in [4.78, 5) is 27.5. The van der Waals surface area contributed by atoms with Crippen molar-refractivity contribution in [3.05, 3.63) is 66.6 Å². The number of amides is 1. The molecule has 0 unspecified atom stereocenters. The molecule has 0 spiro atoms. The number of likely N-dealkylation sites (N-methyl/N-ethyl adjacent to an activating group) is 1. The van der Waals surface area contributed by atoms with Crippen LogP contribution in [0.5, 0.6) is 17.2 Å². The monoisotopic (exact) mass is 580 g/mol. The van der Waals surface area contributed by atoms with Crippen molar-refractivity contribution in [2.24, 2.45) is 5.92 Å². The van der Waals surface area contributed by atoms with E-state index in [1.54, 1.807) is 41.0 Å². The third kappa shape index (κ3) is 6.63. The molecule has 1 fully saturated rings. The van der Waals surface area contributed by atoms with Gasteiger partial charge in [0.25, 0.3) is 5.91 Å². The van der Waals surface area contributed by atoms with E-state index in [2.05, 4.69) is 42.5 Å². The van der Waals surface area contributed by atoms with Gasteiger partial charge >= 0.3 is 0 Å². The minimum absolute atomic E-state index is 0.199. The van der Waals surface area contributed by atoms with Crippen LogP contribution in [-0.4, -0.2) is 62.6 Å². The number of halogens is 1. The molecule has 1 amide bonds. The van der Waals surface area contributed by atoms with Crippen LogP contribution in [0.4, 0.5) is 21.6 Å². The summed E-state index contributed by atoms with van der Waals surface area (Å²) in [5.41, 5.74) is 2.48. The number of benzene rings is 2. The van der Waals surface area contributed by atoms with Gasteiger partial charge in [-0.25, -0.2) is 23.9 Å². The van der Waals surface area contributed by atoms with E-state index < -0.39 is 11.7 Å². The zero-order valence-corrected chi connectivity index (χ0v) is 23.9. The van der Waals surface area contributed by atoms with Gasteiger partial charge in [-0.15, -0.1) is 0 Å². The van der Waals surface area contributed by atoms with E-state index in [-0.39, 0.29) is 11.6 Å². The molecule has 6 rings (SSSR count). The first-order valence-electron chi connectivity index (χ1n) is 13.8. The van der Waals surface area contributed by atoms with Gasteiger partial charge in [-0.3, -0.25) is 4.79 Å². The maximum Gasteiger partial charge on any atom is 0.300 e. The summed E-state index contributed by atoms with van der Waals surface area (Å²) in [6, 6.07) is 9.84. The Labute approximate surface area is 247 Å². The second-order valence-electron chi connectivity index (χ2n) is 10.5. The number of anilines is 3. The van der Waals surface area contributed by atoms with Gasteiger partial charge in [0.1, 0.15) is 48.1 Å². The molecule has 2 N–H and O–H groups in total. The highest BCUT2D eigenvalue weighted by molar-refractivity contribution is 6.06. The smallest absolute Gasteiger partial charge is 0.300 e. The van der Waals surface area contributed by atoms with Gasteiger partial charge in [-0.1, -0.05) is 5.92 Å². The van der Waals surface area contributed by atoms with Crippen molar-refractivity contribution in [3.63, 3.8) is 0 Å². The fourth-order valence-electron chi connectivity index (χ4n) is 4.27. The van der Waals surface area contributed by atoms with E-state index >= 15 is 4.39 Å². The van der Waals surface area contributed by atoms with E-state index in [9.17, 15) is 4.79 Å². The van der Waals surface area contributed by atoms with Gasteiger partial charge in [-0.05, 0) is 63.5 Å². The normalized spacial score (nSPS) is 12.7. The van der Waals surface area contributed by atoms with Crippen molar-refractivity contribution in [1.29, 1.82) is 0 Å². The number of carbonyl (C=O) groups is 1. The maximum atomic E-state index is 15.4. The average molecular weight is 581 g/mol. The summed E-state index contributed by atoms with van der Waals surface area (Å²) >= 11 is 0. The molecule has 0 atom stereocenters. The van der Waals surface area contributed by atoms with Gasteiger partial charge in [0.05, 0.1) is 16.9 Å². The second kappa shape index (κ2) is 11.9. The molecule has 11 nitrogen and oxygen atoms in total. The molecule has 1 aliphatic rings. The van der Waals surface area contributed by atoms with E-state index in [1.807, 2.05) is 25.9 Å². The number of ether oxygens (including phenoxy) is 2. The highest BCUT2D eigenvalue weighted by Gasteiger charge is 2.19. The summed E-state index contributed by atoms with van der Waals surface area (Å²) in [5.74, 6) is 6.61. The molecule has 1 saturated carbocycles. The van der Waals surface area contributed by atoms with Gasteiger partial charge in [0.2, 0.25) is 0 Å². The quantitative estimate of drug-likeness (QED) is 0.234. The summed E-state index contributed by atoms with van der Waals surface area (Å²) in [7, 11) is 3.89. The van der Waals surface area contributed by atoms with Crippen LogP contribution in [0.25, 0.3) is 16.6 Å². The number of rotatable bonds is 9. The molecule has 0 bridgehead atoms. The number of nitrogens with zero attached hydrogens (tertiary/aromatic N) is 6. The predicted octanol–water partition coefficient (Wildman–Crippen LogP) is 4.95. The minimum Gasteiger partial charge on any atom is -0.490 e. The van der Waals surface area contributed by atoms with E-state index in [0.717, 1.165) is 12.8 Å². The van der Waals surface area contributed by atoms with E-state index in [0.29, 0.717) is 64.0 Å². The first kappa shape index (κ1) is 27.9. The predicted molar refractivity (Wildman–Crippen MR) is 160 cm³/mol. The first-order chi connectivity index (χ1) is 20.8. The first-order valence-corrected chi connectivity index (χ1v) is 13.8. The molecule has 218 valence electrons. The van der Waals surface area contributed by atoms with E-state index in [4.69, 9.17) is 9.47 Å². The zero-order chi connectivity index (χ0) is 29.9. The van der Waals surface area contributed by atoms with Crippen molar-refractivity contribution < 1.29 is 18.7 Å². The van der Waals surface area contributed by atoms with Crippen LogP contribution in [0, 0.1) is 30.5 Å². The molecule has 3 heterocycles. The Balaban J connectivity index is 1.28. The molecule has 12 heteroatoms. The Kier molecular flexibility index (Phi) is 7.72. The number of pyridine rings is 1. The Bertz CT molecular complexity index is 1890. The molecule has 3 aromatic heterocycles. The number of carbonyl (C=O) groups excluding carboxylic acids is 1. The standard InChI is InChI=1S/C31H29FN8O3/c1-19-12-25(23(32)15-27(19)43-21-8-9-40-29(13-21)34-18-36-40)38-31-22-14-26(37-30(41)7-6-20-4-5-20)28(42-11-10-39(2)3)16-24(22)33-17-35-31/h8-9,12-18,20H,4-5,10-11H2,1-3H3,(H,37,41)(H,33,35,38). The number of hydrogen-bond acceptors (Lipinski definition) is 9. The van der Waals surface area contributed by atoms with Crippen molar-refractivity contribution in [1.82, 2.24) is 29.5 Å². The third-order valence-electron chi connectivity index (χ3n) is 6.75. The largest absolute Gasteiger partial charge is 0.490 e. The van der Waals surface area contributed by atoms with Crippen molar-refractivity contribution in [3.8, 4) is 29.1 Å². The molecule has 2 aromatic carbocycles. The van der Waals surface area contributed by atoms with Crippen molar-refractivity contribution in [2.75, 3.05) is 37.9 Å². The van der Waals surface area contributed by atoms with Gasteiger partial charge in [0, 0.05) is 42.2 Å². The van der Waals surface area contributed by atoms with Gasteiger partial charge in [0.15, 0.2) is 5.65 Å². The number of aromatic nitrogens is 5. The van der Waals surface area contributed by atoms with Crippen LogP contribution in [0.15, 0.2) is 55.2 Å². The SMILES string of the molecule is Cc1cc(Nc2ncnc3cc(OCCN(C)C)c(NC(=O)C#CC4CC4)cc23)c(F)cc1Oc1ccn2ncnc2c1. The Morgan fingerprint density at radius 1 is 1.09 bits per heavy atom. The molecule has 1 aliphatic carbocycles. The molecule has 0 radical (unpaired) electrons. The topological polar surface area (TPSA) is 119 Å². The van der Waals surface area contributed by atoms with Crippen molar-refractivity contribution >= 4 is 39.6 Å². The number of nitrogens with one attached hydrogen (secondary N) is 2. The summed E-state index contributed by atoms with van der Waals surface area (Å²) in [5, 5.41) is 10.6. The lowest BCUT2D eigenvalue weighted by molar-refractivity contribution is -0.111. The molecular weight excluding hydrogens is 551 g/mol. The van der Waals surface area contributed by atoms with Gasteiger partial charge < -0.3 is 25.0 Å². The molecule has 0 saturated heterocycles. The molecule has 43 heavy (non-hydrogen) atoms. The van der Waals surface area contributed by atoms with Crippen LogP contribution < -0.4 is 20.1 Å². The molecular formula is C31H29FN8O3. The summed E-state index contributed by atoms with van der Waals surface area (Å²) in [6.45, 7) is 2.90. The summed E-state index contributed by atoms with van der Waals surface area (Å²) in [6.07, 6.45) is 6.58. The Hall–Kier alpha value is -5.28. The average Bonchev–Trinajstić information content (AvgIpc) is 3.69. The molecule has 5 aromatic rings. The third-order valence-corrected chi connectivity index (χ3v) is 6.75. The maximum absolute atomic E-state index is 15.4. The van der Waals surface area contributed by atoms with Crippen LogP contribution in [0.3, 0.4) is 0 Å². The number of hydrogen-bond donors (Lipinski definition) is 2. The number of fused-ring (bicyclic) bond motifs is 2. The van der Waals surface area contributed by atoms with Crippen LogP contribution >= 0.6 is 0 Å². The lowest BCUT2D eigenvalue weighted by Gasteiger charge is -2.16. The minimum atomic E-state index is -0.538. The van der Waals surface area contributed by atoms with Crippen LogP contribution in [0.1, 0.15) is 18.4 Å². The lowest BCUT2D eigenvalue weighted by Crippen LogP contribution is -2.20. The van der Waals surface area contributed by atoms with Crippen molar-refractivity contribution in [2.45, 2.75) is 19.8 Å². The lowest BCUT2D eigenvalue weighted by atomic mass is 10.1. The van der Waals surface area contributed by atoms with Crippen LogP contribution in [0.2, 0.25) is 0 Å². The fraction of sp³-hybridized carbons (Fsp3) is 0.258. The molecule has 0 aliphatic heterocycles. The van der Waals surface area contributed by atoms with Crippen LogP contribution in [-0.2, 0) is 4.79 Å². The zero-order valence-electron chi connectivity index (χ0n) is 23.9. The summed E-state index contributed by atoms with van der Waals surface area (Å²) < 4.78 is 28.9. The van der Waals surface area contributed by atoms with E-state index in [1.165, 1.54) is 18.7 Å². The Morgan fingerprint density at radius 3 is 2.77 bits per heavy atom. The highest BCUT2D eigenvalue weighted by Crippen LogP contribution is 2.36. The fourth-order valence-corrected chi connectivity index (χ4v) is 4.27. The second-order valence-corrected chi connectivity index (χ2v) is 10.5. The number of aryl methyl sites for hydroxylation is 1. The highest BCUT2D eigenvalue weighted by atomic mass is 19.1.